The van der Waals surface area contributed by atoms with Crippen molar-refractivity contribution in [2.45, 2.75) is 13.8 Å². The van der Waals surface area contributed by atoms with Crippen molar-refractivity contribution in [1.82, 2.24) is 21.5 Å². The van der Waals surface area contributed by atoms with Crippen molar-refractivity contribution >= 4 is 46.1 Å². The Hall–Kier alpha value is -1.32. The van der Waals surface area contributed by atoms with Crippen molar-refractivity contribution in [2.24, 2.45) is 15.9 Å². The predicted octanol–water partition coefficient (Wildman–Crippen LogP) is -0.745. The molecule has 102 valence electrons. The first kappa shape index (κ1) is 16.7. The fraction of sp³-hybridized carbons (Fsp3) is 0.556. The molecular formula is C9H19N7S2. The molecule has 0 aromatic heterocycles. The van der Waals surface area contributed by atoms with E-state index in [0.717, 1.165) is 0 Å². The van der Waals surface area contributed by atoms with Crippen LogP contribution in [0.4, 0.5) is 0 Å². The lowest BCUT2D eigenvalue weighted by atomic mass is 10.3. The summed E-state index contributed by atoms with van der Waals surface area (Å²) < 4.78 is 0. The molecule has 0 saturated heterocycles. The maximum Gasteiger partial charge on any atom is 0.187 e. The lowest BCUT2D eigenvalue weighted by Gasteiger charge is -2.07. The molecule has 0 heterocycles. The Morgan fingerprint density at radius 3 is 2.00 bits per heavy atom. The van der Waals surface area contributed by atoms with E-state index >= 15 is 0 Å². The Bertz CT molecular complexity index is 351. The molecule has 0 saturated carbocycles. The monoisotopic (exact) mass is 289 g/mol. The molecule has 7 nitrogen and oxygen atoms in total. The second kappa shape index (κ2) is 9.68. The minimum absolute atomic E-state index is 0.423. The van der Waals surface area contributed by atoms with Gasteiger partial charge in [0.2, 0.25) is 0 Å². The highest BCUT2D eigenvalue weighted by Gasteiger charge is 1.98. The highest BCUT2D eigenvalue weighted by Crippen LogP contribution is 1.82. The van der Waals surface area contributed by atoms with E-state index in [1.165, 1.54) is 0 Å². The first-order chi connectivity index (χ1) is 8.51. The van der Waals surface area contributed by atoms with Crippen LogP contribution in [0.3, 0.4) is 0 Å². The van der Waals surface area contributed by atoms with Gasteiger partial charge >= 0.3 is 0 Å². The summed E-state index contributed by atoms with van der Waals surface area (Å²) >= 11 is 9.87. The lowest BCUT2D eigenvalue weighted by Crippen LogP contribution is -2.36. The molecule has 0 unspecified atom stereocenters. The van der Waals surface area contributed by atoms with E-state index in [1.54, 1.807) is 7.05 Å². The number of rotatable bonds is 5. The van der Waals surface area contributed by atoms with Crippen LogP contribution in [-0.2, 0) is 0 Å². The molecule has 0 bridgehead atoms. The number of nitrogens with zero attached hydrogens (tertiary/aromatic N) is 2. The molecule has 0 aliphatic heterocycles. The fourth-order valence-corrected chi connectivity index (χ4v) is 0.906. The van der Waals surface area contributed by atoms with Gasteiger partial charge in [0.1, 0.15) is 0 Å². The van der Waals surface area contributed by atoms with Crippen LogP contribution in [0.15, 0.2) is 10.2 Å². The Morgan fingerprint density at radius 2 is 1.56 bits per heavy atom. The summed E-state index contributed by atoms with van der Waals surface area (Å²) in [7, 11) is 1.71. The molecule has 0 aromatic carbocycles. The Balaban J connectivity index is 4.23. The van der Waals surface area contributed by atoms with Gasteiger partial charge in [0.25, 0.3) is 0 Å². The van der Waals surface area contributed by atoms with Crippen LogP contribution in [-0.4, -0.2) is 41.8 Å². The molecule has 0 fully saturated rings. The average Bonchev–Trinajstić information content (AvgIpc) is 2.38. The molecule has 0 radical (unpaired) electrons. The molecule has 0 atom stereocenters. The third kappa shape index (κ3) is 7.87. The fourth-order valence-electron chi connectivity index (χ4n) is 0.712. The molecule has 0 aromatic rings. The Morgan fingerprint density at radius 1 is 1.06 bits per heavy atom. The predicted molar refractivity (Wildman–Crippen MR) is 83.8 cm³/mol. The maximum absolute atomic E-state index is 5.33. The molecule has 0 aliphatic rings. The van der Waals surface area contributed by atoms with Crippen LogP contribution < -0.4 is 27.2 Å². The van der Waals surface area contributed by atoms with Gasteiger partial charge in [0, 0.05) is 20.1 Å². The van der Waals surface area contributed by atoms with Gasteiger partial charge in [-0.3, -0.25) is 10.9 Å². The van der Waals surface area contributed by atoms with Gasteiger partial charge in [-0.15, -0.1) is 0 Å². The summed E-state index contributed by atoms with van der Waals surface area (Å²) in [6.45, 7) is 4.73. The summed E-state index contributed by atoms with van der Waals surface area (Å²) in [5, 5.41) is 14.6. The van der Waals surface area contributed by atoms with Crippen LogP contribution >= 0.6 is 24.4 Å². The normalized spacial score (nSPS) is 11.8. The summed E-state index contributed by atoms with van der Waals surface area (Å²) in [6.07, 6.45) is 0. The molecule has 9 heteroatoms. The van der Waals surface area contributed by atoms with Crippen LogP contribution in [0.2, 0.25) is 0 Å². The van der Waals surface area contributed by atoms with Crippen LogP contribution in [0.25, 0.3) is 0 Å². The molecule has 18 heavy (non-hydrogen) atoms. The average molecular weight is 289 g/mol. The van der Waals surface area contributed by atoms with E-state index < -0.39 is 0 Å². The number of nitrogens with two attached hydrogens (primary N) is 1. The molecule has 0 amide bonds. The number of hydrogen-bond acceptors (Lipinski definition) is 5. The van der Waals surface area contributed by atoms with Crippen molar-refractivity contribution in [2.75, 3.05) is 20.1 Å². The third-order valence-corrected chi connectivity index (χ3v) is 2.36. The lowest BCUT2D eigenvalue weighted by molar-refractivity contribution is 0.845. The van der Waals surface area contributed by atoms with Crippen LogP contribution in [0, 0.1) is 0 Å². The highest BCUT2D eigenvalue weighted by atomic mass is 32.1. The first-order valence-corrected chi connectivity index (χ1v) is 6.13. The second-order valence-corrected chi connectivity index (χ2v) is 4.06. The van der Waals surface area contributed by atoms with E-state index in [1.807, 2.05) is 13.8 Å². The van der Waals surface area contributed by atoms with Gasteiger partial charge in [-0.1, -0.05) is 0 Å². The van der Waals surface area contributed by atoms with Crippen molar-refractivity contribution in [3.8, 4) is 0 Å². The molecule has 0 spiro atoms. The largest absolute Gasteiger partial charge is 0.364 e. The van der Waals surface area contributed by atoms with Crippen molar-refractivity contribution in [3.05, 3.63) is 0 Å². The number of nitrogens with one attached hydrogen (secondary N) is 4. The smallest absolute Gasteiger partial charge is 0.187 e. The molecule has 0 rings (SSSR count). The Labute approximate surface area is 118 Å². The Kier molecular flexibility index (Phi) is 8.97. The van der Waals surface area contributed by atoms with Crippen LogP contribution in [0.1, 0.15) is 13.8 Å². The number of hydrazone groups is 2. The van der Waals surface area contributed by atoms with E-state index in [9.17, 15) is 0 Å². The SMILES string of the molecule is CNC(=S)N/N=C(C)/C(C)=N/NC(=S)NCCN. The number of hydrogen-bond donors (Lipinski definition) is 5. The standard InChI is InChI=1S/C9H19N7S2/c1-6(13-15-8(17)11-3)7(2)14-16-9(18)12-5-4-10/h4-5,10H2,1-3H3,(H2,11,15,17)(H2,12,16,18)/b13-6+,14-7+. The summed E-state index contributed by atoms with van der Waals surface area (Å²) in [5.74, 6) is 0. The number of thiocarbonyl (C=S) groups is 2. The summed E-state index contributed by atoms with van der Waals surface area (Å²) in [5.41, 5.74) is 12.1. The second-order valence-electron chi connectivity index (χ2n) is 3.24. The van der Waals surface area contributed by atoms with Crippen molar-refractivity contribution in [3.63, 3.8) is 0 Å². The van der Waals surface area contributed by atoms with E-state index in [2.05, 4.69) is 31.7 Å². The quantitative estimate of drug-likeness (QED) is 0.258. The maximum atomic E-state index is 5.33. The summed E-state index contributed by atoms with van der Waals surface area (Å²) in [4.78, 5) is 0. The highest BCUT2D eigenvalue weighted by molar-refractivity contribution is 7.80. The zero-order valence-corrected chi connectivity index (χ0v) is 12.3. The van der Waals surface area contributed by atoms with E-state index in [4.69, 9.17) is 30.2 Å². The first-order valence-electron chi connectivity index (χ1n) is 5.31. The third-order valence-electron chi connectivity index (χ3n) is 1.83. The minimum Gasteiger partial charge on any atom is -0.364 e. The minimum atomic E-state index is 0.423. The van der Waals surface area contributed by atoms with E-state index in [-0.39, 0.29) is 0 Å². The summed E-state index contributed by atoms with van der Waals surface area (Å²) in [6, 6.07) is 0. The van der Waals surface area contributed by atoms with Crippen molar-refractivity contribution in [1.29, 1.82) is 0 Å². The van der Waals surface area contributed by atoms with Crippen LogP contribution in [0.5, 0.6) is 0 Å². The van der Waals surface area contributed by atoms with Gasteiger partial charge < -0.3 is 16.4 Å². The molecule has 6 N–H and O–H groups in total. The van der Waals surface area contributed by atoms with Gasteiger partial charge in [0.15, 0.2) is 10.2 Å². The zero-order valence-electron chi connectivity index (χ0n) is 10.7. The molecular weight excluding hydrogens is 270 g/mol. The van der Waals surface area contributed by atoms with Crippen molar-refractivity contribution < 1.29 is 0 Å². The zero-order chi connectivity index (χ0) is 14.0. The topological polar surface area (TPSA) is 98.9 Å². The van der Waals surface area contributed by atoms with Gasteiger partial charge in [-0.25, -0.2) is 0 Å². The van der Waals surface area contributed by atoms with Gasteiger partial charge in [0.05, 0.1) is 11.4 Å². The molecule has 0 aliphatic carbocycles. The van der Waals surface area contributed by atoms with E-state index in [0.29, 0.717) is 34.7 Å². The van der Waals surface area contributed by atoms with Gasteiger partial charge in [-0.2, -0.15) is 10.2 Å². The van der Waals surface area contributed by atoms with Gasteiger partial charge in [-0.05, 0) is 38.3 Å².